The number of hydrogen-bond acceptors (Lipinski definition) is 5. The zero-order valence-corrected chi connectivity index (χ0v) is 15.7. The Hall–Kier alpha value is -3.55. The van der Waals surface area contributed by atoms with Gasteiger partial charge in [-0.1, -0.05) is 12.1 Å². The highest BCUT2D eigenvalue weighted by molar-refractivity contribution is 5.94. The lowest BCUT2D eigenvalue weighted by Crippen LogP contribution is -2.26. The fourth-order valence-corrected chi connectivity index (χ4v) is 3.79. The van der Waals surface area contributed by atoms with Crippen LogP contribution in [0.1, 0.15) is 25.5 Å². The van der Waals surface area contributed by atoms with Gasteiger partial charge in [-0.05, 0) is 54.8 Å². The fourth-order valence-electron chi connectivity index (χ4n) is 3.79. The second kappa shape index (κ2) is 6.48. The molecule has 0 atom stereocenters. The SMILES string of the molecule is O=C(Cc1cccc(-c2ccc[nH]c2=O)n1)C1(c2ccc3c(c2)OC(F)(F)O3)CC1.[HH]. The van der Waals surface area contributed by atoms with E-state index in [2.05, 4.69) is 19.4 Å². The molecule has 1 fully saturated rings. The van der Waals surface area contributed by atoms with Gasteiger partial charge >= 0.3 is 6.29 Å². The molecule has 0 amide bonds. The summed E-state index contributed by atoms with van der Waals surface area (Å²) in [5.41, 5.74) is 1.08. The summed E-state index contributed by atoms with van der Waals surface area (Å²) in [5, 5.41) is 0. The third-order valence-electron chi connectivity index (χ3n) is 5.48. The van der Waals surface area contributed by atoms with Crippen LogP contribution in [0.4, 0.5) is 8.78 Å². The monoisotopic (exact) mass is 412 g/mol. The summed E-state index contributed by atoms with van der Waals surface area (Å²) >= 11 is 0. The van der Waals surface area contributed by atoms with Crippen LogP contribution in [0, 0.1) is 0 Å². The summed E-state index contributed by atoms with van der Waals surface area (Å²) in [5.74, 6) is -0.172. The van der Waals surface area contributed by atoms with Gasteiger partial charge in [0.1, 0.15) is 5.78 Å². The Bertz CT molecular complexity index is 1220. The highest BCUT2D eigenvalue weighted by atomic mass is 19.3. The molecule has 8 heteroatoms. The third-order valence-corrected chi connectivity index (χ3v) is 5.48. The van der Waals surface area contributed by atoms with Crippen LogP contribution < -0.4 is 15.0 Å². The first kappa shape index (κ1) is 18.5. The van der Waals surface area contributed by atoms with Crippen LogP contribution in [0.15, 0.2) is 59.5 Å². The van der Waals surface area contributed by atoms with Crippen LogP contribution >= 0.6 is 0 Å². The number of ether oxygens (including phenoxy) is 2. The van der Waals surface area contributed by atoms with E-state index in [0.29, 0.717) is 35.4 Å². The quantitative estimate of drug-likeness (QED) is 0.689. The predicted molar refractivity (Wildman–Crippen MR) is 105 cm³/mol. The van der Waals surface area contributed by atoms with Crippen LogP contribution in [-0.2, 0) is 16.6 Å². The number of H-pyrrole nitrogens is 1. The van der Waals surface area contributed by atoms with Gasteiger partial charge in [0.05, 0.1) is 16.7 Å². The first-order valence-electron chi connectivity index (χ1n) is 9.44. The van der Waals surface area contributed by atoms with Crippen molar-refractivity contribution in [2.24, 2.45) is 0 Å². The van der Waals surface area contributed by atoms with E-state index >= 15 is 0 Å². The number of carbonyl (C=O) groups is 1. The van der Waals surface area contributed by atoms with Crippen molar-refractivity contribution in [1.29, 1.82) is 0 Å². The molecule has 2 aliphatic rings. The van der Waals surface area contributed by atoms with Crippen LogP contribution in [0.5, 0.6) is 11.5 Å². The van der Waals surface area contributed by atoms with Gasteiger partial charge in [-0.25, -0.2) is 0 Å². The van der Waals surface area contributed by atoms with E-state index in [0.717, 1.165) is 0 Å². The second-order valence-corrected chi connectivity index (χ2v) is 7.44. The lowest BCUT2D eigenvalue weighted by atomic mass is 9.88. The molecule has 0 spiro atoms. The Labute approximate surface area is 171 Å². The fraction of sp³-hybridized carbons (Fsp3) is 0.227. The molecule has 1 aliphatic heterocycles. The number of Topliss-reactive ketones (excluding diaryl/α,β-unsaturated/α-hetero) is 1. The van der Waals surface area contributed by atoms with E-state index in [9.17, 15) is 18.4 Å². The summed E-state index contributed by atoms with van der Waals surface area (Å²) in [6.45, 7) is 0. The van der Waals surface area contributed by atoms with Gasteiger partial charge in [0.2, 0.25) is 0 Å². The Kier molecular flexibility index (Phi) is 3.99. The minimum absolute atomic E-state index is 0. The van der Waals surface area contributed by atoms with Crippen molar-refractivity contribution in [3.63, 3.8) is 0 Å². The number of rotatable bonds is 5. The lowest BCUT2D eigenvalue weighted by Gasteiger charge is -2.15. The van der Waals surface area contributed by atoms with E-state index in [1.54, 1.807) is 36.4 Å². The van der Waals surface area contributed by atoms with Crippen molar-refractivity contribution in [1.82, 2.24) is 9.97 Å². The molecule has 3 aromatic rings. The Morgan fingerprint density at radius 3 is 2.67 bits per heavy atom. The normalized spacial score (nSPS) is 17.5. The van der Waals surface area contributed by atoms with Crippen molar-refractivity contribution in [3.8, 4) is 22.8 Å². The third kappa shape index (κ3) is 3.14. The average molecular weight is 412 g/mol. The van der Waals surface area contributed by atoms with Crippen molar-refractivity contribution in [2.45, 2.75) is 31.0 Å². The highest BCUT2D eigenvalue weighted by Crippen LogP contribution is 2.52. The summed E-state index contributed by atoms with van der Waals surface area (Å²) in [4.78, 5) is 32.2. The van der Waals surface area contributed by atoms with Crippen molar-refractivity contribution < 1.29 is 24.5 Å². The van der Waals surface area contributed by atoms with Gasteiger partial charge in [-0.15, -0.1) is 8.78 Å². The summed E-state index contributed by atoms with van der Waals surface area (Å²) < 4.78 is 35.5. The molecule has 154 valence electrons. The van der Waals surface area contributed by atoms with Crippen LogP contribution in [0.25, 0.3) is 11.3 Å². The van der Waals surface area contributed by atoms with Gasteiger partial charge in [0.15, 0.2) is 11.5 Å². The van der Waals surface area contributed by atoms with Crippen LogP contribution in [0.2, 0.25) is 0 Å². The molecule has 6 nitrogen and oxygen atoms in total. The maximum absolute atomic E-state index is 13.3. The largest absolute Gasteiger partial charge is 0.586 e. The van der Waals surface area contributed by atoms with Crippen LogP contribution in [-0.4, -0.2) is 22.0 Å². The predicted octanol–water partition coefficient (Wildman–Crippen LogP) is 3.85. The molecule has 1 N–H and O–H groups in total. The summed E-state index contributed by atoms with van der Waals surface area (Å²) in [6, 6.07) is 13.0. The number of ketones is 1. The molecular weight excluding hydrogens is 394 g/mol. The lowest BCUT2D eigenvalue weighted by molar-refractivity contribution is -0.286. The van der Waals surface area contributed by atoms with Gasteiger partial charge in [-0.2, -0.15) is 0 Å². The molecule has 5 rings (SSSR count). The van der Waals surface area contributed by atoms with Gasteiger partial charge in [-0.3, -0.25) is 14.6 Å². The van der Waals surface area contributed by atoms with Crippen molar-refractivity contribution >= 4 is 5.78 Å². The molecule has 0 unspecified atom stereocenters. The average Bonchev–Trinajstić information content (AvgIpc) is 3.46. The number of hydrogen-bond donors (Lipinski definition) is 1. The number of carbonyl (C=O) groups excluding carboxylic acids is 1. The highest BCUT2D eigenvalue weighted by Gasteiger charge is 2.52. The van der Waals surface area contributed by atoms with Crippen LogP contribution in [0.3, 0.4) is 0 Å². The molecule has 2 aromatic heterocycles. The number of benzene rings is 1. The summed E-state index contributed by atoms with van der Waals surface area (Å²) in [6.07, 6.45) is -0.832. The molecule has 1 aliphatic carbocycles. The molecule has 0 saturated heterocycles. The molecular formula is C22H18F2N2O4. The second-order valence-electron chi connectivity index (χ2n) is 7.44. The topological polar surface area (TPSA) is 81.3 Å². The summed E-state index contributed by atoms with van der Waals surface area (Å²) in [7, 11) is 0. The molecule has 3 heterocycles. The first-order valence-corrected chi connectivity index (χ1v) is 9.44. The Morgan fingerprint density at radius 2 is 1.90 bits per heavy atom. The Balaban J connectivity index is 0.00000231. The molecule has 0 radical (unpaired) electrons. The maximum atomic E-state index is 13.3. The number of halogens is 2. The van der Waals surface area contributed by atoms with E-state index in [1.165, 1.54) is 18.3 Å². The smallest absolute Gasteiger partial charge is 0.395 e. The number of alkyl halides is 2. The number of pyridine rings is 2. The minimum atomic E-state index is -3.69. The molecule has 30 heavy (non-hydrogen) atoms. The molecule has 0 bridgehead atoms. The van der Waals surface area contributed by atoms with E-state index in [-0.39, 0.29) is 30.7 Å². The van der Waals surface area contributed by atoms with Crippen molar-refractivity contribution in [2.75, 3.05) is 0 Å². The Morgan fingerprint density at radius 1 is 1.10 bits per heavy atom. The number of aromatic nitrogens is 2. The van der Waals surface area contributed by atoms with Gasteiger partial charge in [0.25, 0.3) is 5.56 Å². The zero-order valence-electron chi connectivity index (χ0n) is 15.7. The first-order chi connectivity index (χ1) is 14.4. The standard InChI is InChI=1S/C22H16F2N2O4.H2/c23-22(24)29-17-7-6-13(11-18(17)30-22)21(8-9-21)19(27)12-14-3-1-5-16(26-14)15-4-2-10-25-20(15)28;/h1-7,10-11H,8-9,12H2,(H,25,28);1H. The number of nitrogens with one attached hydrogen (secondary N) is 1. The maximum Gasteiger partial charge on any atom is 0.586 e. The number of fused-ring (bicyclic) bond motifs is 1. The zero-order chi connectivity index (χ0) is 20.9. The number of nitrogens with zero attached hydrogens (tertiary/aromatic N) is 1. The van der Waals surface area contributed by atoms with E-state index in [1.807, 2.05) is 0 Å². The molecule has 1 saturated carbocycles. The van der Waals surface area contributed by atoms with Crippen molar-refractivity contribution in [3.05, 3.63) is 76.3 Å². The van der Waals surface area contributed by atoms with E-state index in [4.69, 9.17) is 0 Å². The minimum Gasteiger partial charge on any atom is -0.395 e. The van der Waals surface area contributed by atoms with Gasteiger partial charge < -0.3 is 14.5 Å². The van der Waals surface area contributed by atoms with Gasteiger partial charge in [0, 0.05) is 19.7 Å². The molecule has 1 aromatic carbocycles. The number of aromatic amines is 1. The van der Waals surface area contributed by atoms with E-state index < -0.39 is 11.7 Å².